The number of esters is 2. The monoisotopic (exact) mass is 929 g/mol. The topological polar surface area (TPSA) is 175 Å². The summed E-state index contributed by atoms with van der Waals surface area (Å²) < 4.78 is 14.7. The quantitative estimate of drug-likeness (QED) is 0.0824. The van der Waals surface area contributed by atoms with Crippen LogP contribution in [-0.2, 0) is 35.0 Å². The average molecular weight is 929 g/mol. The molecule has 1 aromatic heterocycles. The minimum absolute atomic E-state index is 0.104. The van der Waals surface area contributed by atoms with E-state index in [4.69, 9.17) is 19.8 Å². The van der Waals surface area contributed by atoms with Crippen LogP contribution in [0.15, 0.2) is 138 Å². The van der Waals surface area contributed by atoms with Gasteiger partial charge in [0, 0.05) is 36.8 Å². The molecular formula is C54H76N2O9S. The van der Waals surface area contributed by atoms with E-state index >= 15 is 0 Å². The van der Waals surface area contributed by atoms with Gasteiger partial charge in [0.05, 0.1) is 38.1 Å². The molecule has 2 heterocycles. The van der Waals surface area contributed by atoms with Crippen LogP contribution in [-0.4, -0.2) is 71.4 Å². The van der Waals surface area contributed by atoms with Crippen LogP contribution in [0.2, 0.25) is 0 Å². The summed E-state index contributed by atoms with van der Waals surface area (Å²) in [4.78, 5) is 46.5. The van der Waals surface area contributed by atoms with E-state index in [1.54, 1.807) is 37.4 Å². The number of allylic oxidation sites excluding steroid dienone is 1. The number of rotatable bonds is 9. The van der Waals surface area contributed by atoms with E-state index in [9.17, 15) is 19.5 Å². The van der Waals surface area contributed by atoms with E-state index in [2.05, 4.69) is 42.2 Å². The molecule has 4 N–H and O–H groups in total. The van der Waals surface area contributed by atoms with Crippen molar-refractivity contribution in [3.05, 3.63) is 144 Å². The molecule has 6 atom stereocenters. The van der Waals surface area contributed by atoms with Gasteiger partial charge in [0.25, 0.3) is 5.97 Å². The van der Waals surface area contributed by atoms with E-state index in [1.165, 1.54) is 30.9 Å². The summed E-state index contributed by atoms with van der Waals surface area (Å²) in [6.07, 6.45) is 7.04. The minimum Gasteiger partial charge on any atom is -0.481 e. The van der Waals surface area contributed by atoms with Crippen molar-refractivity contribution in [2.24, 2.45) is 34.2 Å². The summed E-state index contributed by atoms with van der Waals surface area (Å²) in [6.45, 7) is 18.4. The fourth-order valence-corrected chi connectivity index (χ4v) is 8.55. The Morgan fingerprint density at radius 3 is 1.79 bits per heavy atom. The third kappa shape index (κ3) is 20.2. The molecule has 0 radical (unpaired) electrons. The molecule has 7 rings (SSSR count). The van der Waals surface area contributed by atoms with E-state index < -0.39 is 11.6 Å². The molecule has 4 unspecified atom stereocenters. The predicted molar refractivity (Wildman–Crippen MR) is 266 cm³/mol. The molecule has 2 aliphatic carbocycles. The van der Waals surface area contributed by atoms with Gasteiger partial charge in [0.2, 0.25) is 0 Å². The fraction of sp³-hybridized carbons (Fsp3) is 0.463. The van der Waals surface area contributed by atoms with Gasteiger partial charge < -0.3 is 24.4 Å². The largest absolute Gasteiger partial charge is 0.481 e. The smallest absolute Gasteiger partial charge is 0.337 e. The number of aromatic nitrogens is 1. The van der Waals surface area contributed by atoms with Gasteiger partial charge in [-0.1, -0.05) is 144 Å². The number of Topliss-reactive ketones (excluding diaryl/α,β-unsaturated/α-hetero) is 1. The Bertz CT molecular complexity index is 1970. The molecule has 11 nitrogen and oxygen atoms in total. The molecule has 2 fully saturated rings. The first kappa shape index (κ1) is 58.9. The van der Waals surface area contributed by atoms with Crippen LogP contribution in [0.25, 0.3) is 0 Å². The molecule has 3 aliphatic rings. The summed E-state index contributed by atoms with van der Waals surface area (Å²) in [6, 6.07) is 36.4. The SMILES string of the molecule is CC.CC(=O)O.CC(=O)[C@H](C)C1=C(C)CC[C@@](O)(CC2C(C)CC3OCC32)C1(C)C.COC(=O)CCc1ccccc1.COC(=O)c1ccccc1.NSc1ccccn1.c1ccccc1. The second-order valence-corrected chi connectivity index (χ2v) is 17.3. The highest BCUT2D eigenvalue weighted by atomic mass is 32.2. The lowest BCUT2D eigenvalue weighted by molar-refractivity contribution is -0.140. The van der Waals surface area contributed by atoms with Gasteiger partial charge in [-0.2, -0.15) is 0 Å². The number of carbonyl (C=O) groups is 4. The first-order valence-corrected chi connectivity index (χ1v) is 23.6. The van der Waals surface area contributed by atoms with Crippen molar-refractivity contribution >= 4 is 35.6 Å². The maximum Gasteiger partial charge on any atom is 0.337 e. The number of methoxy groups -OCH3 is 2. The third-order valence-corrected chi connectivity index (χ3v) is 12.5. The van der Waals surface area contributed by atoms with E-state index in [-0.39, 0.29) is 29.1 Å². The van der Waals surface area contributed by atoms with Gasteiger partial charge in [-0.3, -0.25) is 19.5 Å². The third-order valence-electron chi connectivity index (χ3n) is 12.0. The van der Waals surface area contributed by atoms with Crippen molar-refractivity contribution in [2.75, 3.05) is 20.8 Å². The van der Waals surface area contributed by atoms with Crippen LogP contribution in [0.4, 0.5) is 0 Å². The average Bonchev–Trinajstić information content (AvgIpc) is 3.53. The number of carboxylic acid groups (broad SMARTS) is 1. The van der Waals surface area contributed by atoms with Gasteiger partial charge >= 0.3 is 11.9 Å². The Labute approximate surface area is 399 Å². The Balaban J connectivity index is 0.000000436. The number of nitrogens with zero attached hydrogens (tertiary/aromatic N) is 1. The molecule has 0 spiro atoms. The second kappa shape index (κ2) is 31.7. The van der Waals surface area contributed by atoms with Crippen molar-refractivity contribution < 1.29 is 43.6 Å². The maximum absolute atomic E-state index is 12.1. The molecule has 1 saturated carbocycles. The molecule has 1 aliphatic heterocycles. The number of benzene rings is 3. The zero-order valence-electron chi connectivity index (χ0n) is 41.1. The van der Waals surface area contributed by atoms with Crippen molar-refractivity contribution in [1.29, 1.82) is 0 Å². The number of aryl methyl sites for hydroxylation is 1. The summed E-state index contributed by atoms with van der Waals surface area (Å²) in [7, 11) is 2.78. The van der Waals surface area contributed by atoms with Gasteiger partial charge in [-0.05, 0) is 99.6 Å². The molecule has 12 heteroatoms. The Kier molecular flexibility index (Phi) is 28.3. The number of carbonyl (C=O) groups excluding carboxylic acids is 3. The number of pyridine rings is 1. The molecule has 0 amide bonds. The van der Waals surface area contributed by atoms with Crippen LogP contribution in [0.3, 0.4) is 0 Å². The summed E-state index contributed by atoms with van der Waals surface area (Å²) in [5, 5.41) is 25.2. The number of ketones is 1. The lowest BCUT2D eigenvalue weighted by Gasteiger charge is -2.52. The molecule has 66 heavy (non-hydrogen) atoms. The number of fused-ring (bicyclic) bond motifs is 1. The standard InChI is InChI=1S/C21H34O3.C10H12O2.C8H8O2.C6H6.C5H6N2S.C2H4O2.C2H6/c1-12-7-8-21(23,20(5,6)19(12)14(3)15(4)22)10-16-13(2)9-18-17(16)11-24-18;1-12-10(11)8-7-9-5-3-2-4-6-9;1-10-8(9)7-5-3-2-4-6-7;1-2-4-6-5-3-1;6-8-5-3-1-2-4-7-5;1-2(3)4;1-2/h13-14,16-18,23H,7-11H2,1-6H3;2-6H,7-8H2,1H3;2-6H,1H3;1-6H;1-4H,6H2;1H3,(H,3,4);1-2H3/t13?,14-,16?,17?,18?,21+;;;;;;/m0....../s1. The number of carboxylic acids is 1. The van der Waals surface area contributed by atoms with Gasteiger partial charge in [-0.25, -0.2) is 9.78 Å². The number of ether oxygens (including phenoxy) is 3. The molecule has 1 saturated heterocycles. The highest BCUT2D eigenvalue weighted by molar-refractivity contribution is 7.97. The van der Waals surface area contributed by atoms with Crippen LogP contribution in [0.5, 0.6) is 0 Å². The van der Waals surface area contributed by atoms with Crippen molar-refractivity contribution in [3.8, 4) is 0 Å². The minimum atomic E-state index is -0.833. The van der Waals surface area contributed by atoms with Crippen LogP contribution in [0.1, 0.15) is 110 Å². The number of aliphatic hydroxyl groups is 1. The lowest BCUT2D eigenvalue weighted by Crippen LogP contribution is -2.53. The predicted octanol–water partition coefficient (Wildman–Crippen LogP) is 11.3. The van der Waals surface area contributed by atoms with Gasteiger partial charge in [0.1, 0.15) is 10.8 Å². The van der Waals surface area contributed by atoms with E-state index in [0.29, 0.717) is 35.8 Å². The van der Waals surface area contributed by atoms with Gasteiger partial charge in [0.15, 0.2) is 0 Å². The molecule has 3 aromatic carbocycles. The Hall–Kier alpha value is -5.14. The maximum atomic E-state index is 12.1. The Morgan fingerprint density at radius 1 is 0.864 bits per heavy atom. The summed E-state index contributed by atoms with van der Waals surface area (Å²) in [5.74, 6) is 0.597. The zero-order chi connectivity index (χ0) is 49.7. The van der Waals surface area contributed by atoms with E-state index in [0.717, 1.165) is 62.6 Å². The normalized spacial score (nSPS) is 20.8. The number of hydrogen-bond donors (Lipinski definition) is 3. The van der Waals surface area contributed by atoms with Crippen molar-refractivity contribution in [3.63, 3.8) is 0 Å². The summed E-state index contributed by atoms with van der Waals surface area (Å²) >= 11 is 1.16. The van der Waals surface area contributed by atoms with E-state index in [1.807, 2.05) is 112 Å². The first-order chi connectivity index (χ1) is 31.4. The highest BCUT2D eigenvalue weighted by Crippen LogP contribution is 2.56. The second-order valence-electron chi connectivity index (χ2n) is 16.7. The van der Waals surface area contributed by atoms with Gasteiger partial charge in [-0.15, -0.1) is 0 Å². The van der Waals surface area contributed by atoms with Crippen LogP contribution >= 0.6 is 11.9 Å². The summed E-state index contributed by atoms with van der Waals surface area (Å²) in [5.41, 5.74) is 3.15. The highest BCUT2D eigenvalue weighted by Gasteiger charge is 2.55. The van der Waals surface area contributed by atoms with Crippen LogP contribution in [0, 0.1) is 29.1 Å². The molecule has 362 valence electrons. The number of nitrogens with two attached hydrogens (primary N) is 1. The lowest BCUT2D eigenvalue weighted by atomic mass is 9.56. The van der Waals surface area contributed by atoms with Crippen LogP contribution < -0.4 is 5.14 Å². The van der Waals surface area contributed by atoms with Crippen molar-refractivity contribution in [1.82, 2.24) is 4.98 Å². The molecule has 4 aromatic rings. The fourth-order valence-electron chi connectivity index (χ4n) is 8.28. The zero-order valence-corrected chi connectivity index (χ0v) is 41.9. The first-order valence-electron chi connectivity index (χ1n) is 22.7. The van der Waals surface area contributed by atoms with Crippen molar-refractivity contribution in [2.45, 2.75) is 118 Å². The Morgan fingerprint density at radius 2 is 1.38 bits per heavy atom. The molecular weight excluding hydrogens is 853 g/mol. The number of hydrogen-bond acceptors (Lipinski definition) is 11. The number of aliphatic carboxylic acids is 1. The molecule has 0 bridgehead atoms.